The molecule has 28 heavy (non-hydrogen) atoms. The molecule has 0 saturated heterocycles. The SMILES string of the molecule is COc1cccc(C2C(C(N)=O)C(C)=Nc3nc(-c4cccc(Cl)c4)nn32)c1. The van der Waals surface area contributed by atoms with Gasteiger partial charge in [-0.2, -0.15) is 4.98 Å². The highest BCUT2D eigenvalue weighted by Crippen LogP contribution is 2.37. The number of fused-ring (bicyclic) bond motifs is 1. The molecule has 1 amide bonds. The lowest BCUT2D eigenvalue weighted by Gasteiger charge is -2.29. The molecule has 0 saturated carbocycles. The number of rotatable bonds is 4. The van der Waals surface area contributed by atoms with Crippen LogP contribution in [-0.2, 0) is 4.79 Å². The van der Waals surface area contributed by atoms with Gasteiger partial charge in [0.25, 0.3) is 0 Å². The van der Waals surface area contributed by atoms with E-state index in [0.717, 1.165) is 11.1 Å². The van der Waals surface area contributed by atoms with Crippen LogP contribution in [0.3, 0.4) is 0 Å². The highest BCUT2D eigenvalue weighted by molar-refractivity contribution is 6.30. The van der Waals surface area contributed by atoms with Crippen LogP contribution >= 0.6 is 11.6 Å². The van der Waals surface area contributed by atoms with Gasteiger partial charge in [-0.05, 0) is 36.8 Å². The van der Waals surface area contributed by atoms with Gasteiger partial charge in [-0.3, -0.25) is 4.79 Å². The van der Waals surface area contributed by atoms with Gasteiger partial charge in [0.15, 0.2) is 5.82 Å². The van der Waals surface area contributed by atoms with Crippen LogP contribution in [-0.4, -0.2) is 33.5 Å². The number of nitrogens with zero attached hydrogens (tertiary/aromatic N) is 4. The van der Waals surface area contributed by atoms with Crippen molar-refractivity contribution in [3.63, 3.8) is 0 Å². The number of ether oxygens (including phenoxy) is 1. The molecule has 0 bridgehead atoms. The molecular weight excluding hydrogens is 378 g/mol. The Balaban J connectivity index is 1.89. The van der Waals surface area contributed by atoms with E-state index in [4.69, 9.17) is 22.1 Å². The summed E-state index contributed by atoms with van der Waals surface area (Å²) >= 11 is 6.10. The summed E-state index contributed by atoms with van der Waals surface area (Å²) < 4.78 is 6.98. The highest BCUT2D eigenvalue weighted by Gasteiger charge is 2.38. The maximum atomic E-state index is 12.3. The number of hydrogen-bond acceptors (Lipinski definition) is 5. The van der Waals surface area contributed by atoms with Crippen LogP contribution in [0.2, 0.25) is 5.02 Å². The molecule has 7 nitrogen and oxygen atoms in total. The fraction of sp³-hybridized carbons (Fsp3) is 0.200. The highest BCUT2D eigenvalue weighted by atomic mass is 35.5. The van der Waals surface area contributed by atoms with Crippen molar-refractivity contribution in [2.24, 2.45) is 16.6 Å². The Bertz CT molecular complexity index is 1090. The van der Waals surface area contributed by atoms with E-state index in [9.17, 15) is 4.79 Å². The van der Waals surface area contributed by atoms with Gasteiger partial charge in [-0.1, -0.05) is 35.9 Å². The first-order valence-corrected chi connectivity index (χ1v) is 9.06. The average molecular weight is 396 g/mol. The molecule has 1 aromatic heterocycles. The molecule has 0 radical (unpaired) electrons. The number of amides is 1. The summed E-state index contributed by atoms with van der Waals surface area (Å²) in [5.74, 6) is 0.454. The van der Waals surface area contributed by atoms with Crippen LogP contribution in [0.4, 0.5) is 5.95 Å². The third-order valence-electron chi connectivity index (χ3n) is 4.74. The van der Waals surface area contributed by atoms with E-state index >= 15 is 0 Å². The molecule has 2 atom stereocenters. The molecule has 2 unspecified atom stereocenters. The minimum Gasteiger partial charge on any atom is -0.497 e. The van der Waals surface area contributed by atoms with Gasteiger partial charge in [-0.25, -0.2) is 9.67 Å². The number of primary amides is 1. The quantitative estimate of drug-likeness (QED) is 0.732. The summed E-state index contributed by atoms with van der Waals surface area (Å²) in [4.78, 5) is 21.3. The second-order valence-electron chi connectivity index (χ2n) is 6.55. The molecule has 3 aromatic rings. The van der Waals surface area contributed by atoms with E-state index in [-0.39, 0.29) is 0 Å². The molecule has 142 valence electrons. The lowest BCUT2D eigenvalue weighted by Crippen LogP contribution is -2.39. The molecule has 4 rings (SSSR count). The monoisotopic (exact) mass is 395 g/mol. The first kappa shape index (κ1) is 18.2. The second-order valence-corrected chi connectivity index (χ2v) is 6.98. The Morgan fingerprint density at radius 1 is 1.21 bits per heavy atom. The first-order chi connectivity index (χ1) is 13.5. The maximum Gasteiger partial charge on any atom is 0.248 e. The Labute approximate surface area is 166 Å². The molecule has 2 N–H and O–H groups in total. The van der Waals surface area contributed by atoms with Crippen LogP contribution < -0.4 is 10.5 Å². The lowest BCUT2D eigenvalue weighted by molar-refractivity contribution is -0.120. The number of benzene rings is 2. The minimum atomic E-state index is -0.645. The molecule has 2 aromatic carbocycles. The zero-order chi connectivity index (χ0) is 19.8. The number of aromatic nitrogens is 3. The van der Waals surface area contributed by atoms with Crippen molar-refractivity contribution in [3.8, 4) is 17.1 Å². The van der Waals surface area contributed by atoms with E-state index in [0.29, 0.717) is 28.3 Å². The predicted octanol–water partition coefficient (Wildman–Crippen LogP) is 3.40. The van der Waals surface area contributed by atoms with Gasteiger partial charge < -0.3 is 10.5 Å². The van der Waals surface area contributed by atoms with Crippen LogP contribution in [0.15, 0.2) is 53.5 Å². The van der Waals surface area contributed by atoms with E-state index in [1.54, 1.807) is 30.8 Å². The summed E-state index contributed by atoms with van der Waals surface area (Å²) in [5.41, 5.74) is 7.92. The third kappa shape index (κ3) is 3.14. The molecule has 0 aliphatic carbocycles. The summed E-state index contributed by atoms with van der Waals surface area (Å²) in [6.45, 7) is 1.78. The van der Waals surface area contributed by atoms with E-state index in [2.05, 4.69) is 15.1 Å². The van der Waals surface area contributed by atoms with Crippen LogP contribution in [0.1, 0.15) is 18.5 Å². The minimum absolute atomic E-state index is 0.415. The molecular formula is C20H18ClN5O2. The number of carbonyl (C=O) groups excluding carboxylic acids is 1. The lowest BCUT2D eigenvalue weighted by atomic mass is 9.88. The van der Waals surface area contributed by atoms with Crippen molar-refractivity contribution in [2.75, 3.05) is 7.11 Å². The summed E-state index contributed by atoms with van der Waals surface area (Å²) in [6, 6.07) is 14.3. The number of methoxy groups -OCH3 is 1. The van der Waals surface area contributed by atoms with Gasteiger partial charge in [0.1, 0.15) is 11.7 Å². The standard InChI is InChI=1S/C20H18ClN5O2/c1-11-16(18(22)27)17(12-5-4-8-15(10-12)28-2)26-20(23-11)24-19(25-26)13-6-3-7-14(21)9-13/h3-10,16-17H,1-2H3,(H2,22,27). The largest absolute Gasteiger partial charge is 0.497 e. The van der Waals surface area contributed by atoms with Gasteiger partial charge in [-0.15, -0.1) is 5.10 Å². The Morgan fingerprint density at radius 2 is 2.00 bits per heavy atom. The van der Waals surface area contributed by atoms with Crippen LogP contribution in [0, 0.1) is 5.92 Å². The number of aliphatic imine (C=N–C) groups is 1. The summed E-state index contributed by atoms with van der Waals surface area (Å²) in [6.07, 6.45) is 0. The molecule has 2 heterocycles. The molecule has 0 spiro atoms. The Kier molecular flexibility index (Phi) is 4.60. The fourth-order valence-electron chi connectivity index (χ4n) is 3.45. The zero-order valence-corrected chi connectivity index (χ0v) is 16.1. The molecule has 1 aliphatic heterocycles. The van der Waals surface area contributed by atoms with Crippen molar-refractivity contribution < 1.29 is 9.53 Å². The van der Waals surface area contributed by atoms with Crippen LogP contribution in [0.25, 0.3) is 11.4 Å². The fourth-order valence-corrected chi connectivity index (χ4v) is 3.64. The average Bonchev–Trinajstić information content (AvgIpc) is 3.10. The van der Waals surface area contributed by atoms with Crippen molar-refractivity contribution in [2.45, 2.75) is 13.0 Å². The van der Waals surface area contributed by atoms with Crippen molar-refractivity contribution in [3.05, 3.63) is 59.1 Å². The number of carbonyl (C=O) groups is 1. The maximum absolute atomic E-state index is 12.3. The van der Waals surface area contributed by atoms with E-state index in [1.807, 2.05) is 36.4 Å². The van der Waals surface area contributed by atoms with Crippen LogP contribution in [0.5, 0.6) is 5.75 Å². The van der Waals surface area contributed by atoms with Crippen molar-refractivity contribution in [1.82, 2.24) is 14.8 Å². The van der Waals surface area contributed by atoms with Gasteiger partial charge in [0.2, 0.25) is 11.9 Å². The van der Waals surface area contributed by atoms with E-state index < -0.39 is 17.9 Å². The van der Waals surface area contributed by atoms with Gasteiger partial charge in [0, 0.05) is 16.3 Å². The summed E-state index contributed by atoms with van der Waals surface area (Å²) in [5, 5.41) is 5.22. The molecule has 1 aliphatic rings. The zero-order valence-electron chi connectivity index (χ0n) is 15.3. The molecule has 8 heteroatoms. The number of nitrogens with two attached hydrogens (primary N) is 1. The van der Waals surface area contributed by atoms with Gasteiger partial charge in [0.05, 0.1) is 13.2 Å². The topological polar surface area (TPSA) is 95.4 Å². The first-order valence-electron chi connectivity index (χ1n) is 8.69. The second kappa shape index (κ2) is 7.09. The van der Waals surface area contributed by atoms with Gasteiger partial charge >= 0.3 is 0 Å². The number of halogens is 1. The van der Waals surface area contributed by atoms with E-state index in [1.165, 1.54) is 0 Å². The van der Waals surface area contributed by atoms with Crippen molar-refractivity contribution in [1.29, 1.82) is 0 Å². The van der Waals surface area contributed by atoms with Crippen molar-refractivity contribution >= 4 is 29.2 Å². The number of hydrogen-bond donors (Lipinski definition) is 1. The normalized spacial score (nSPS) is 18.3. The Morgan fingerprint density at radius 3 is 2.71 bits per heavy atom. The molecule has 0 fully saturated rings. The third-order valence-corrected chi connectivity index (χ3v) is 4.98. The predicted molar refractivity (Wildman–Crippen MR) is 107 cm³/mol. The summed E-state index contributed by atoms with van der Waals surface area (Å²) in [7, 11) is 1.59. The smallest absolute Gasteiger partial charge is 0.248 e. The Hall–Kier alpha value is -3.19.